The van der Waals surface area contributed by atoms with Gasteiger partial charge in [0.1, 0.15) is 11.7 Å². The molecule has 0 saturated heterocycles. The maximum Gasteiger partial charge on any atom is 0.227 e. The van der Waals surface area contributed by atoms with Crippen molar-refractivity contribution in [1.29, 1.82) is 0 Å². The number of oxime groups is 1. The van der Waals surface area contributed by atoms with Crippen LogP contribution in [0.2, 0.25) is 0 Å². The van der Waals surface area contributed by atoms with Gasteiger partial charge in [-0.1, -0.05) is 17.3 Å². The third kappa shape index (κ3) is 3.94. The van der Waals surface area contributed by atoms with Crippen LogP contribution in [0.4, 0.5) is 4.39 Å². The van der Waals surface area contributed by atoms with Crippen molar-refractivity contribution in [3.8, 4) is 0 Å². The largest absolute Gasteiger partial charge is 0.409 e. The molecule has 6 heteroatoms. The lowest BCUT2D eigenvalue weighted by Crippen LogP contribution is -2.36. The first-order valence-corrected chi connectivity index (χ1v) is 6.60. The standard InChI is InChI=1S/C14H18FN3O2/c15-11-3-1-10(2-4-11)9-14(19)18(12-5-6-12)8-7-13(16)17-20/h1-4,12,20H,5-9H2,(H2,16,17). The topological polar surface area (TPSA) is 78.9 Å². The minimum atomic E-state index is -0.313. The van der Waals surface area contributed by atoms with E-state index < -0.39 is 0 Å². The van der Waals surface area contributed by atoms with Crippen LogP contribution < -0.4 is 5.73 Å². The van der Waals surface area contributed by atoms with E-state index in [1.54, 1.807) is 17.0 Å². The van der Waals surface area contributed by atoms with Crippen LogP contribution in [-0.4, -0.2) is 34.4 Å². The summed E-state index contributed by atoms with van der Waals surface area (Å²) in [5.74, 6) is -0.206. The quantitative estimate of drug-likeness (QED) is 0.358. The fraction of sp³-hybridized carbons (Fsp3) is 0.429. The van der Waals surface area contributed by atoms with Crippen molar-refractivity contribution in [2.24, 2.45) is 10.9 Å². The van der Waals surface area contributed by atoms with Crippen LogP contribution in [-0.2, 0) is 11.2 Å². The second-order valence-corrected chi connectivity index (χ2v) is 4.96. The van der Waals surface area contributed by atoms with Crippen molar-refractivity contribution >= 4 is 11.7 Å². The van der Waals surface area contributed by atoms with Gasteiger partial charge in [-0.15, -0.1) is 0 Å². The predicted molar refractivity (Wildman–Crippen MR) is 72.9 cm³/mol. The highest BCUT2D eigenvalue weighted by molar-refractivity contribution is 5.82. The Morgan fingerprint density at radius 3 is 2.60 bits per heavy atom. The van der Waals surface area contributed by atoms with Gasteiger partial charge in [-0.2, -0.15) is 0 Å². The highest BCUT2D eigenvalue weighted by Crippen LogP contribution is 2.27. The SMILES string of the molecule is NC(CCN(C(=O)Cc1ccc(F)cc1)C1CC1)=NO. The fourth-order valence-corrected chi connectivity index (χ4v) is 2.06. The van der Waals surface area contributed by atoms with Gasteiger partial charge in [0.2, 0.25) is 5.91 Å². The maximum atomic E-state index is 12.8. The zero-order chi connectivity index (χ0) is 14.5. The number of hydrogen-bond acceptors (Lipinski definition) is 3. The Bertz CT molecular complexity index is 498. The lowest BCUT2D eigenvalue weighted by atomic mass is 10.1. The molecule has 0 unspecified atom stereocenters. The molecular formula is C14H18FN3O2. The number of carbonyl (C=O) groups excluding carboxylic acids is 1. The van der Waals surface area contributed by atoms with Gasteiger partial charge in [0, 0.05) is 19.0 Å². The number of rotatable bonds is 6. The van der Waals surface area contributed by atoms with Gasteiger partial charge < -0.3 is 15.8 Å². The van der Waals surface area contributed by atoms with Crippen LogP contribution in [0, 0.1) is 5.82 Å². The van der Waals surface area contributed by atoms with Crippen molar-refractivity contribution in [3.05, 3.63) is 35.6 Å². The van der Waals surface area contributed by atoms with Gasteiger partial charge in [-0.25, -0.2) is 4.39 Å². The number of benzene rings is 1. The molecule has 1 fully saturated rings. The lowest BCUT2D eigenvalue weighted by Gasteiger charge is -2.22. The summed E-state index contributed by atoms with van der Waals surface area (Å²) < 4.78 is 12.8. The Labute approximate surface area is 116 Å². The number of hydrogen-bond donors (Lipinski definition) is 2. The molecule has 1 aromatic carbocycles. The normalized spacial score (nSPS) is 15.2. The molecule has 1 aromatic rings. The van der Waals surface area contributed by atoms with Crippen LogP contribution in [0.1, 0.15) is 24.8 Å². The second-order valence-electron chi connectivity index (χ2n) is 4.96. The minimum Gasteiger partial charge on any atom is -0.409 e. The number of nitrogens with two attached hydrogens (primary N) is 1. The summed E-state index contributed by atoms with van der Waals surface area (Å²) in [4.78, 5) is 14.0. The van der Waals surface area contributed by atoms with E-state index in [0.717, 1.165) is 18.4 Å². The van der Waals surface area contributed by atoms with Crippen molar-refractivity contribution in [2.45, 2.75) is 31.7 Å². The van der Waals surface area contributed by atoms with Crippen molar-refractivity contribution in [2.75, 3.05) is 6.54 Å². The molecule has 0 atom stereocenters. The molecule has 0 aliphatic heterocycles. The van der Waals surface area contributed by atoms with Gasteiger partial charge in [-0.3, -0.25) is 4.79 Å². The van der Waals surface area contributed by atoms with E-state index in [0.29, 0.717) is 13.0 Å². The van der Waals surface area contributed by atoms with Gasteiger partial charge >= 0.3 is 0 Å². The molecule has 5 nitrogen and oxygen atoms in total. The Hall–Kier alpha value is -2.11. The summed E-state index contributed by atoms with van der Waals surface area (Å²) in [6.45, 7) is 0.445. The Morgan fingerprint density at radius 1 is 1.40 bits per heavy atom. The summed E-state index contributed by atoms with van der Waals surface area (Å²) >= 11 is 0. The molecule has 0 spiro atoms. The van der Waals surface area contributed by atoms with Crippen molar-refractivity contribution < 1.29 is 14.4 Å². The van der Waals surface area contributed by atoms with Crippen molar-refractivity contribution in [1.82, 2.24) is 4.90 Å². The van der Waals surface area contributed by atoms with Crippen molar-refractivity contribution in [3.63, 3.8) is 0 Å². The van der Waals surface area contributed by atoms with E-state index in [4.69, 9.17) is 10.9 Å². The fourth-order valence-electron chi connectivity index (χ4n) is 2.06. The average Bonchev–Trinajstić information content (AvgIpc) is 3.26. The molecule has 0 heterocycles. The first-order valence-electron chi connectivity index (χ1n) is 6.60. The smallest absolute Gasteiger partial charge is 0.227 e. The third-order valence-corrected chi connectivity index (χ3v) is 3.31. The Kier molecular flexibility index (Phi) is 4.55. The number of carbonyl (C=O) groups is 1. The summed E-state index contributed by atoms with van der Waals surface area (Å²) in [6, 6.07) is 6.18. The molecular weight excluding hydrogens is 261 g/mol. The average molecular weight is 279 g/mol. The zero-order valence-corrected chi connectivity index (χ0v) is 11.1. The van der Waals surface area contributed by atoms with Gasteiger partial charge in [0.15, 0.2) is 0 Å². The molecule has 1 saturated carbocycles. The van der Waals surface area contributed by atoms with Crippen LogP contribution in [0.15, 0.2) is 29.4 Å². The number of amides is 1. The highest BCUT2D eigenvalue weighted by Gasteiger charge is 2.32. The second kappa shape index (κ2) is 6.36. The van der Waals surface area contributed by atoms with Crippen LogP contribution in [0.3, 0.4) is 0 Å². The van der Waals surface area contributed by atoms with Gasteiger partial charge in [0.25, 0.3) is 0 Å². The molecule has 1 amide bonds. The number of halogens is 1. The molecule has 0 aromatic heterocycles. The highest BCUT2D eigenvalue weighted by atomic mass is 19.1. The first kappa shape index (κ1) is 14.3. The van der Waals surface area contributed by atoms with E-state index >= 15 is 0 Å². The summed E-state index contributed by atoms with van der Waals surface area (Å²) in [5, 5.41) is 11.4. The lowest BCUT2D eigenvalue weighted by molar-refractivity contribution is -0.130. The molecule has 20 heavy (non-hydrogen) atoms. The summed E-state index contributed by atoms with van der Waals surface area (Å²) in [7, 11) is 0. The zero-order valence-electron chi connectivity index (χ0n) is 11.1. The van der Waals surface area contributed by atoms with Crippen LogP contribution >= 0.6 is 0 Å². The van der Waals surface area contributed by atoms with E-state index in [1.165, 1.54) is 12.1 Å². The first-order chi connectivity index (χ1) is 9.60. The summed E-state index contributed by atoms with van der Waals surface area (Å²) in [5.41, 5.74) is 6.21. The molecule has 3 N–H and O–H groups in total. The minimum absolute atomic E-state index is 0.00940. The molecule has 1 aliphatic carbocycles. The molecule has 108 valence electrons. The van der Waals surface area contributed by atoms with Crippen LogP contribution in [0.5, 0.6) is 0 Å². The Balaban J connectivity index is 1.94. The maximum absolute atomic E-state index is 12.8. The summed E-state index contributed by atoms with van der Waals surface area (Å²) in [6.07, 6.45) is 2.58. The van der Waals surface area contributed by atoms with Gasteiger partial charge in [0.05, 0.1) is 6.42 Å². The predicted octanol–water partition coefficient (Wildman–Crippen LogP) is 1.50. The van der Waals surface area contributed by atoms with E-state index in [9.17, 15) is 9.18 Å². The van der Waals surface area contributed by atoms with E-state index in [2.05, 4.69) is 5.16 Å². The number of nitrogens with zero attached hydrogens (tertiary/aromatic N) is 2. The van der Waals surface area contributed by atoms with Gasteiger partial charge in [-0.05, 0) is 30.5 Å². The number of amidine groups is 1. The van der Waals surface area contributed by atoms with E-state index in [-0.39, 0.29) is 30.0 Å². The van der Waals surface area contributed by atoms with E-state index in [1.807, 2.05) is 0 Å². The third-order valence-electron chi connectivity index (χ3n) is 3.31. The Morgan fingerprint density at radius 2 is 2.05 bits per heavy atom. The monoisotopic (exact) mass is 279 g/mol. The molecule has 2 rings (SSSR count). The van der Waals surface area contributed by atoms with Crippen LogP contribution in [0.25, 0.3) is 0 Å². The molecule has 0 radical (unpaired) electrons. The molecule has 1 aliphatic rings. The molecule has 0 bridgehead atoms.